The molecule has 0 saturated heterocycles. The number of benzene rings is 4. The second kappa shape index (κ2) is 6.73. The van der Waals surface area contributed by atoms with E-state index in [0.717, 1.165) is 0 Å². The van der Waals surface area contributed by atoms with Gasteiger partial charge in [0.2, 0.25) is 0 Å². The fourth-order valence-corrected chi connectivity index (χ4v) is 2.54. The van der Waals surface area contributed by atoms with Crippen LogP contribution in [0.15, 0.2) is 97.6 Å². The number of hydrogen-bond donors (Lipinski definition) is 0. The largest absolute Gasteiger partial charge is 0.0985 e. The Morgan fingerprint density at radius 3 is 1.41 bits per heavy atom. The molecule has 0 amide bonds. The maximum atomic E-state index is 3.63. The van der Waals surface area contributed by atoms with Gasteiger partial charge in [0.1, 0.15) is 0 Å². The first-order valence-electron chi connectivity index (χ1n) is 7.42. The van der Waals surface area contributed by atoms with Gasteiger partial charge in [-0.3, -0.25) is 0 Å². The molecular weight excluding hydrogens is 264 g/mol. The SMILES string of the molecule is C=Cc1ccccc1.c1ccc2c(c1)ccc1ccccc12. The third kappa shape index (κ3) is 3.07. The van der Waals surface area contributed by atoms with Crippen LogP contribution >= 0.6 is 0 Å². The van der Waals surface area contributed by atoms with Crippen LogP contribution in [0.1, 0.15) is 5.56 Å². The first kappa shape index (κ1) is 14.1. The first-order valence-corrected chi connectivity index (χ1v) is 7.42. The van der Waals surface area contributed by atoms with E-state index >= 15 is 0 Å². The van der Waals surface area contributed by atoms with Crippen LogP contribution in [-0.4, -0.2) is 0 Å². The Morgan fingerprint density at radius 1 is 0.500 bits per heavy atom. The van der Waals surface area contributed by atoms with Gasteiger partial charge < -0.3 is 0 Å². The minimum Gasteiger partial charge on any atom is -0.0985 e. The summed E-state index contributed by atoms with van der Waals surface area (Å²) in [7, 11) is 0. The molecule has 106 valence electrons. The molecule has 4 aromatic rings. The summed E-state index contributed by atoms with van der Waals surface area (Å²) in [5, 5.41) is 5.30. The minimum absolute atomic E-state index is 1.17. The molecule has 0 fully saturated rings. The lowest BCUT2D eigenvalue weighted by Crippen LogP contribution is -1.75. The molecule has 0 saturated carbocycles. The molecule has 0 nitrogen and oxygen atoms in total. The van der Waals surface area contributed by atoms with E-state index in [1.165, 1.54) is 27.1 Å². The van der Waals surface area contributed by atoms with Crippen molar-refractivity contribution in [2.75, 3.05) is 0 Å². The Hall–Kier alpha value is -2.86. The van der Waals surface area contributed by atoms with Crippen LogP contribution in [0.3, 0.4) is 0 Å². The minimum atomic E-state index is 1.17. The highest BCUT2D eigenvalue weighted by Gasteiger charge is 1.97. The first-order chi connectivity index (χ1) is 10.9. The van der Waals surface area contributed by atoms with Crippen molar-refractivity contribution in [1.29, 1.82) is 0 Å². The van der Waals surface area contributed by atoms with E-state index < -0.39 is 0 Å². The summed E-state index contributed by atoms with van der Waals surface area (Å²) in [6, 6.07) is 31.4. The highest BCUT2D eigenvalue weighted by atomic mass is 14.0. The van der Waals surface area contributed by atoms with E-state index in [4.69, 9.17) is 0 Å². The zero-order chi connectivity index (χ0) is 15.2. The summed E-state index contributed by atoms with van der Waals surface area (Å²) in [5.41, 5.74) is 1.17. The van der Waals surface area contributed by atoms with Crippen LogP contribution in [0.25, 0.3) is 27.6 Å². The molecule has 4 rings (SSSR count). The molecule has 0 N–H and O–H groups in total. The quantitative estimate of drug-likeness (QED) is 0.358. The van der Waals surface area contributed by atoms with Crippen molar-refractivity contribution in [2.45, 2.75) is 0 Å². The van der Waals surface area contributed by atoms with Crippen molar-refractivity contribution < 1.29 is 0 Å². The van der Waals surface area contributed by atoms with Crippen LogP contribution in [0, 0.1) is 0 Å². The fraction of sp³-hybridized carbons (Fsp3) is 0. The summed E-state index contributed by atoms with van der Waals surface area (Å²) in [4.78, 5) is 0. The van der Waals surface area contributed by atoms with Crippen molar-refractivity contribution in [3.63, 3.8) is 0 Å². The highest BCUT2D eigenvalue weighted by Crippen LogP contribution is 2.24. The normalized spacial score (nSPS) is 10.0. The Bertz CT molecular complexity index is 834. The van der Waals surface area contributed by atoms with Gasteiger partial charge in [-0.2, -0.15) is 0 Å². The molecule has 0 aliphatic carbocycles. The predicted octanol–water partition coefficient (Wildman–Crippen LogP) is 6.32. The number of fused-ring (bicyclic) bond motifs is 3. The average molecular weight is 282 g/mol. The highest BCUT2D eigenvalue weighted by molar-refractivity contribution is 6.07. The molecular formula is C22H18. The Labute approximate surface area is 131 Å². The summed E-state index contributed by atoms with van der Waals surface area (Å²) >= 11 is 0. The van der Waals surface area contributed by atoms with E-state index in [9.17, 15) is 0 Å². The fourth-order valence-electron chi connectivity index (χ4n) is 2.54. The van der Waals surface area contributed by atoms with E-state index in [2.05, 4.69) is 67.2 Å². The molecule has 0 atom stereocenters. The molecule has 4 aromatic carbocycles. The maximum absolute atomic E-state index is 3.63. The lowest BCUT2D eigenvalue weighted by molar-refractivity contribution is 1.67. The smallest absolute Gasteiger partial charge is 0.0105 e. The average Bonchev–Trinajstić information content (AvgIpc) is 2.63. The molecule has 0 aliphatic rings. The zero-order valence-electron chi connectivity index (χ0n) is 12.4. The van der Waals surface area contributed by atoms with Gasteiger partial charge in [-0.15, -0.1) is 0 Å². The predicted molar refractivity (Wildman–Crippen MR) is 98.0 cm³/mol. The summed E-state index contributed by atoms with van der Waals surface area (Å²) in [5.74, 6) is 0. The van der Waals surface area contributed by atoms with Crippen LogP contribution in [0.2, 0.25) is 0 Å². The molecule has 22 heavy (non-hydrogen) atoms. The Morgan fingerprint density at radius 2 is 0.955 bits per heavy atom. The Kier molecular flexibility index (Phi) is 4.31. The summed E-state index contributed by atoms with van der Waals surface area (Å²) in [6.07, 6.45) is 1.83. The lowest BCUT2D eigenvalue weighted by atomic mass is 10.0. The number of rotatable bonds is 1. The topological polar surface area (TPSA) is 0 Å². The molecule has 0 spiro atoms. The zero-order valence-corrected chi connectivity index (χ0v) is 12.4. The van der Waals surface area contributed by atoms with E-state index in [1.807, 2.05) is 36.4 Å². The van der Waals surface area contributed by atoms with Crippen LogP contribution in [0.4, 0.5) is 0 Å². The van der Waals surface area contributed by atoms with Crippen molar-refractivity contribution in [1.82, 2.24) is 0 Å². The standard InChI is InChI=1S/C14H10.C8H8/c1-3-7-13-11(5-1)9-10-12-6-2-4-8-14(12)13;1-2-8-6-4-3-5-7-8/h1-10H;2-7H,1H2. The third-order valence-electron chi connectivity index (χ3n) is 3.69. The van der Waals surface area contributed by atoms with Crippen LogP contribution in [-0.2, 0) is 0 Å². The molecule has 0 aromatic heterocycles. The molecule has 0 heteroatoms. The van der Waals surface area contributed by atoms with Gasteiger partial charge in [-0.25, -0.2) is 0 Å². The van der Waals surface area contributed by atoms with Gasteiger partial charge in [0, 0.05) is 0 Å². The molecule has 0 unspecified atom stereocenters. The van der Waals surface area contributed by atoms with Gasteiger partial charge in [0.05, 0.1) is 0 Å². The van der Waals surface area contributed by atoms with Crippen LogP contribution < -0.4 is 0 Å². The van der Waals surface area contributed by atoms with Gasteiger partial charge >= 0.3 is 0 Å². The van der Waals surface area contributed by atoms with Crippen molar-refractivity contribution >= 4 is 27.6 Å². The van der Waals surface area contributed by atoms with Gasteiger partial charge in [0.15, 0.2) is 0 Å². The lowest BCUT2D eigenvalue weighted by Gasteiger charge is -2.02. The second-order valence-corrected chi connectivity index (χ2v) is 5.12. The van der Waals surface area contributed by atoms with Crippen molar-refractivity contribution in [3.8, 4) is 0 Å². The summed E-state index contributed by atoms with van der Waals surface area (Å²) < 4.78 is 0. The van der Waals surface area contributed by atoms with Gasteiger partial charge in [-0.05, 0) is 27.1 Å². The van der Waals surface area contributed by atoms with Crippen molar-refractivity contribution in [3.05, 3.63) is 103 Å². The van der Waals surface area contributed by atoms with Gasteiger partial charge in [-0.1, -0.05) is 104 Å². The van der Waals surface area contributed by atoms with Crippen LogP contribution in [0.5, 0.6) is 0 Å². The van der Waals surface area contributed by atoms with E-state index in [0.29, 0.717) is 0 Å². The van der Waals surface area contributed by atoms with E-state index in [-0.39, 0.29) is 0 Å². The Balaban J connectivity index is 0.000000154. The second-order valence-electron chi connectivity index (χ2n) is 5.12. The molecule has 0 heterocycles. The van der Waals surface area contributed by atoms with Crippen molar-refractivity contribution in [2.24, 2.45) is 0 Å². The monoisotopic (exact) mass is 282 g/mol. The third-order valence-corrected chi connectivity index (χ3v) is 3.69. The van der Waals surface area contributed by atoms with E-state index in [1.54, 1.807) is 0 Å². The molecule has 0 radical (unpaired) electrons. The molecule has 0 bridgehead atoms. The number of hydrogen-bond acceptors (Lipinski definition) is 0. The molecule has 0 aliphatic heterocycles. The summed E-state index contributed by atoms with van der Waals surface area (Å²) in [6.45, 7) is 3.63. The van der Waals surface area contributed by atoms with Gasteiger partial charge in [0.25, 0.3) is 0 Å². The maximum Gasteiger partial charge on any atom is -0.0105 e.